The minimum atomic E-state index is 0.726. The summed E-state index contributed by atoms with van der Waals surface area (Å²) >= 11 is 1.52. The fourth-order valence-corrected chi connectivity index (χ4v) is 1.55. The van der Waals surface area contributed by atoms with Gasteiger partial charge in [0.15, 0.2) is 0 Å². The summed E-state index contributed by atoms with van der Waals surface area (Å²) in [4.78, 5) is 4.24. The SMILES string of the molecule is CCc1nc(SCC=C(C)C#N)n[nH]1. The van der Waals surface area contributed by atoms with Crippen molar-refractivity contribution in [1.29, 1.82) is 5.26 Å². The molecule has 1 aromatic rings. The summed E-state index contributed by atoms with van der Waals surface area (Å²) in [7, 11) is 0. The third kappa shape index (κ3) is 3.23. The highest BCUT2D eigenvalue weighted by Crippen LogP contribution is 2.12. The van der Waals surface area contributed by atoms with Gasteiger partial charge in [-0.05, 0) is 6.92 Å². The Morgan fingerprint density at radius 3 is 3.07 bits per heavy atom. The number of hydrogen-bond donors (Lipinski definition) is 1. The second-order valence-electron chi connectivity index (χ2n) is 2.73. The second-order valence-corrected chi connectivity index (χ2v) is 3.72. The number of nitriles is 1. The number of allylic oxidation sites excluding steroid dienone is 1. The Morgan fingerprint density at radius 1 is 1.71 bits per heavy atom. The standard InChI is InChI=1S/C9H12N4S/c1-3-8-11-9(13-12-8)14-5-4-7(2)6-10/h4H,3,5H2,1-2H3,(H,11,12,13). The molecule has 0 aliphatic rings. The summed E-state index contributed by atoms with van der Waals surface area (Å²) in [5, 5.41) is 16.1. The van der Waals surface area contributed by atoms with Crippen molar-refractivity contribution in [1.82, 2.24) is 15.2 Å². The van der Waals surface area contributed by atoms with Gasteiger partial charge in [-0.25, -0.2) is 4.98 Å². The molecule has 0 saturated carbocycles. The van der Waals surface area contributed by atoms with E-state index in [0.29, 0.717) is 0 Å². The first-order valence-corrected chi connectivity index (χ1v) is 5.35. The van der Waals surface area contributed by atoms with Crippen LogP contribution in [0.2, 0.25) is 0 Å². The number of thioether (sulfide) groups is 1. The molecular formula is C9H12N4S. The number of hydrogen-bond acceptors (Lipinski definition) is 4. The average molecular weight is 208 g/mol. The number of aromatic nitrogens is 3. The third-order valence-corrected chi connectivity index (χ3v) is 2.40. The summed E-state index contributed by atoms with van der Waals surface area (Å²) in [5.74, 6) is 1.63. The molecule has 0 saturated heterocycles. The van der Waals surface area contributed by atoms with Crippen molar-refractivity contribution in [3.05, 3.63) is 17.5 Å². The van der Waals surface area contributed by atoms with E-state index in [1.54, 1.807) is 6.92 Å². The molecule has 0 bridgehead atoms. The molecule has 1 N–H and O–H groups in total. The lowest BCUT2D eigenvalue weighted by Gasteiger charge is -1.89. The highest BCUT2D eigenvalue weighted by molar-refractivity contribution is 7.99. The quantitative estimate of drug-likeness (QED) is 0.606. The molecule has 0 aromatic carbocycles. The Bertz CT molecular complexity index is 361. The van der Waals surface area contributed by atoms with Crippen molar-refractivity contribution in [2.24, 2.45) is 0 Å². The molecule has 0 atom stereocenters. The summed E-state index contributed by atoms with van der Waals surface area (Å²) in [6.45, 7) is 3.81. The molecule has 0 spiro atoms. The molecule has 1 rings (SSSR count). The highest BCUT2D eigenvalue weighted by Gasteiger charge is 2.00. The van der Waals surface area contributed by atoms with Crippen LogP contribution in [0.3, 0.4) is 0 Å². The van der Waals surface area contributed by atoms with Gasteiger partial charge in [-0.3, -0.25) is 5.10 Å². The third-order valence-electron chi connectivity index (χ3n) is 1.62. The monoisotopic (exact) mass is 208 g/mol. The minimum absolute atomic E-state index is 0.726. The van der Waals surface area contributed by atoms with E-state index < -0.39 is 0 Å². The van der Waals surface area contributed by atoms with Gasteiger partial charge < -0.3 is 0 Å². The number of aryl methyl sites for hydroxylation is 1. The van der Waals surface area contributed by atoms with Gasteiger partial charge in [0.2, 0.25) is 5.16 Å². The first kappa shape index (κ1) is 10.8. The van der Waals surface area contributed by atoms with E-state index in [0.717, 1.165) is 28.7 Å². The summed E-state index contributed by atoms with van der Waals surface area (Å²) in [5.41, 5.74) is 0.726. The lowest BCUT2D eigenvalue weighted by molar-refractivity contribution is 0.941. The largest absolute Gasteiger partial charge is 0.262 e. The molecule has 0 aliphatic heterocycles. The Morgan fingerprint density at radius 2 is 2.50 bits per heavy atom. The number of rotatable bonds is 4. The van der Waals surface area contributed by atoms with Gasteiger partial charge in [0, 0.05) is 17.7 Å². The molecule has 1 aromatic heterocycles. The topological polar surface area (TPSA) is 65.4 Å². The van der Waals surface area contributed by atoms with Crippen molar-refractivity contribution < 1.29 is 0 Å². The van der Waals surface area contributed by atoms with Crippen LogP contribution in [0, 0.1) is 11.3 Å². The number of aromatic amines is 1. The van der Waals surface area contributed by atoms with E-state index >= 15 is 0 Å². The Hall–Kier alpha value is -1.28. The van der Waals surface area contributed by atoms with Gasteiger partial charge in [0.05, 0.1) is 6.07 Å². The maximum atomic E-state index is 8.51. The summed E-state index contributed by atoms with van der Waals surface area (Å²) in [6, 6.07) is 2.07. The first-order valence-electron chi connectivity index (χ1n) is 4.37. The van der Waals surface area contributed by atoms with Crippen molar-refractivity contribution >= 4 is 11.8 Å². The van der Waals surface area contributed by atoms with Gasteiger partial charge in [-0.15, -0.1) is 5.10 Å². The second kappa shape index (κ2) is 5.45. The van der Waals surface area contributed by atoms with Gasteiger partial charge in [0.25, 0.3) is 0 Å². The zero-order valence-corrected chi connectivity index (χ0v) is 9.06. The Labute approximate surface area is 87.4 Å². The fraction of sp³-hybridized carbons (Fsp3) is 0.444. The number of nitrogens with one attached hydrogen (secondary N) is 1. The van der Waals surface area contributed by atoms with Crippen molar-refractivity contribution in [2.75, 3.05) is 5.75 Å². The van der Waals surface area contributed by atoms with Crippen molar-refractivity contribution in [3.63, 3.8) is 0 Å². The lowest BCUT2D eigenvalue weighted by Crippen LogP contribution is -1.81. The first-order chi connectivity index (χ1) is 6.76. The van der Waals surface area contributed by atoms with Crippen molar-refractivity contribution in [3.8, 4) is 6.07 Å². The van der Waals surface area contributed by atoms with Gasteiger partial charge in [-0.2, -0.15) is 5.26 Å². The van der Waals surface area contributed by atoms with Gasteiger partial charge in [0.1, 0.15) is 5.82 Å². The van der Waals surface area contributed by atoms with Crippen LogP contribution >= 0.6 is 11.8 Å². The van der Waals surface area contributed by atoms with E-state index in [2.05, 4.69) is 21.3 Å². The molecular weight excluding hydrogens is 196 g/mol. The van der Waals surface area contributed by atoms with Crippen LogP contribution in [0.4, 0.5) is 0 Å². The number of nitrogens with zero attached hydrogens (tertiary/aromatic N) is 3. The van der Waals surface area contributed by atoms with E-state index in [-0.39, 0.29) is 0 Å². The summed E-state index contributed by atoms with van der Waals surface area (Å²) in [6.07, 6.45) is 2.73. The molecule has 74 valence electrons. The molecule has 0 fully saturated rings. The Balaban J connectivity index is 2.43. The lowest BCUT2D eigenvalue weighted by atomic mass is 10.3. The van der Waals surface area contributed by atoms with Crippen LogP contribution in [0.25, 0.3) is 0 Å². The van der Waals surface area contributed by atoms with E-state index in [9.17, 15) is 0 Å². The van der Waals surface area contributed by atoms with E-state index in [4.69, 9.17) is 5.26 Å². The minimum Gasteiger partial charge on any atom is -0.262 e. The summed E-state index contributed by atoms with van der Waals surface area (Å²) < 4.78 is 0. The Kier molecular flexibility index (Phi) is 4.20. The van der Waals surface area contributed by atoms with Crippen LogP contribution in [-0.2, 0) is 6.42 Å². The maximum absolute atomic E-state index is 8.51. The smallest absolute Gasteiger partial charge is 0.208 e. The molecule has 0 unspecified atom stereocenters. The van der Waals surface area contributed by atoms with Crippen molar-refractivity contribution in [2.45, 2.75) is 25.4 Å². The number of H-pyrrole nitrogens is 1. The molecule has 1 heterocycles. The molecule has 4 nitrogen and oxygen atoms in total. The van der Waals surface area contributed by atoms with Crippen LogP contribution in [0.5, 0.6) is 0 Å². The van der Waals surface area contributed by atoms with Crippen LogP contribution in [-0.4, -0.2) is 20.9 Å². The molecule has 5 heteroatoms. The zero-order chi connectivity index (χ0) is 10.4. The van der Waals surface area contributed by atoms with Gasteiger partial charge in [-0.1, -0.05) is 24.8 Å². The van der Waals surface area contributed by atoms with Crippen LogP contribution in [0.15, 0.2) is 16.8 Å². The molecule has 14 heavy (non-hydrogen) atoms. The van der Waals surface area contributed by atoms with Gasteiger partial charge >= 0.3 is 0 Å². The van der Waals surface area contributed by atoms with Crippen LogP contribution in [0.1, 0.15) is 19.7 Å². The van der Waals surface area contributed by atoms with E-state index in [1.165, 1.54) is 11.8 Å². The fourth-order valence-electron chi connectivity index (χ4n) is 0.787. The normalized spacial score (nSPS) is 11.4. The van der Waals surface area contributed by atoms with Crippen LogP contribution < -0.4 is 0 Å². The molecule has 0 amide bonds. The van der Waals surface area contributed by atoms with E-state index in [1.807, 2.05) is 13.0 Å². The molecule has 0 radical (unpaired) electrons. The average Bonchev–Trinajstić information content (AvgIpc) is 2.65. The zero-order valence-electron chi connectivity index (χ0n) is 8.24. The highest BCUT2D eigenvalue weighted by atomic mass is 32.2. The molecule has 0 aliphatic carbocycles. The predicted molar refractivity (Wildman–Crippen MR) is 55.9 cm³/mol. The predicted octanol–water partition coefficient (Wildman–Crippen LogP) is 1.93. The maximum Gasteiger partial charge on any atom is 0.208 e.